The largest absolute Gasteiger partial charge is 0.504 e. The number of sulfonamides is 1. The van der Waals surface area contributed by atoms with E-state index in [-0.39, 0.29) is 15.6 Å². The van der Waals surface area contributed by atoms with Gasteiger partial charge in [-0.1, -0.05) is 6.92 Å². The van der Waals surface area contributed by atoms with Crippen LogP contribution in [0.25, 0.3) is 0 Å². The average molecular weight is 236 g/mol. The van der Waals surface area contributed by atoms with Crippen LogP contribution < -0.4 is 5.73 Å². The van der Waals surface area contributed by atoms with Gasteiger partial charge in [-0.05, 0) is 0 Å². The molecule has 0 bridgehead atoms. The van der Waals surface area contributed by atoms with Crippen molar-refractivity contribution >= 4 is 27.0 Å². The third-order valence-corrected chi connectivity index (χ3v) is 5.29. The Hall–Kier alpha value is -0.790. The van der Waals surface area contributed by atoms with Crippen molar-refractivity contribution in [3.8, 4) is 5.75 Å². The predicted molar refractivity (Wildman–Crippen MR) is 55.9 cm³/mol. The van der Waals surface area contributed by atoms with E-state index in [9.17, 15) is 13.5 Å². The molecule has 1 heterocycles. The van der Waals surface area contributed by atoms with Gasteiger partial charge in [0.15, 0.2) is 9.96 Å². The highest BCUT2D eigenvalue weighted by Gasteiger charge is 2.26. The van der Waals surface area contributed by atoms with Gasteiger partial charge in [0.2, 0.25) is 0 Å². The smallest absolute Gasteiger partial charge is 0.256 e. The standard InChI is InChI=1S/C7H12N2O3S2/c1-3-9(2)14(11,12)7-6(10)5(8)4-13-7/h4,10H,3,8H2,1-2H3. The minimum absolute atomic E-state index is 0.0954. The molecule has 1 aromatic heterocycles. The number of nitrogens with two attached hydrogens (primary N) is 1. The minimum Gasteiger partial charge on any atom is -0.504 e. The van der Waals surface area contributed by atoms with E-state index >= 15 is 0 Å². The minimum atomic E-state index is -3.58. The molecule has 1 rings (SSSR count). The first-order valence-electron chi connectivity index (χ1n) is 3.93. The molecule has 0 saturated heterocycles. The molecule has 0 aromatic carbocycles. The normalized spacial score (nSPS) is 12.2. The summed E-state index contributed by atoms with van der Waals surface area (Å²) in [6.07, 6.45) is 0. The van der Waals surface area contributed by atoms with Gasteiger partial charge in [0, 0.05) is 19.0 Å². The zero-order chi connectivity index (χ0) is 10.9. The van der Waals surface area contributed by atoms with Crippen molar-refractivity contribution in [1.82, 2.24) is 4.31 Å². The summed E-state index contributed by atoms with van der Waals surface area (Å²) in [5, 5.41) is 10.8. The van der Waals surface area contributed by atoms with Crippen LogP contribution in [0.3, 0.4) is 0 Å². The quantitative estimate of drug-likeness (QED) is 0.808. The maximum Gasteiger partial charge on any atom is 0.256 e. The highest BCUT2D eigenvalue weighted by molar-refractivity contribution is 7.91. The molecule has 0 amide bonds. The van der Waals surface area contributed by atoms with Gasteiger partial charge in [-0.3, -0.25) is 0 Å². The van der Waals surface area contributed by atoms with Crippen LogP contribution in [0.1, 0.15) is 6.92 Å². The number of hydrogen-bond acceptors (Lipinski definition) is 5. The van der Waals surface area contributed by atoms with Crippen LogP contribution in [0.2, 0.25) is 0 Å². The molecule has 0 fully saturated rings. The van der Waals surface area contributed by atoms with Gasteiger partial charge in [0.25, 0.3) is 10.0 Å². The van der Waals surface area contributed by atoms with Crippen LogP contribution in [0.5, 0.6) is 5.75 Å². The van der Waals surface area contributed by atoms with Crippen molar-refractivity contribution in [1.29, 1.82) is 0 Å². The second kappa shape index (κ2) is 3.76. The van der Waals surface area contributed by atoms with Crippen LogP contribution in [-0.4, -0.2) is 31.4 Å². The number of anilines is 1. The molecule has 0 radical (unpaired) electrons. The molecule has 0 saturated carbocycles. The van der Waals surface area contributed by atoms with Gasteiger partial charge in [0.05, 0.1) is 5.69 Å². The van der Waals surface area contributed by atoms with Crippen molar-refractivity contribution < 1.29 is 13.5 Å². The first kappa shape index (κ1) is 11.3. The Morgan fingerprint density at radius 1 is 1.64 bits per heavy atom. The highest BCUT2D eigenvalue weighted by atomic mass is 32.2. The number of thiophene rings is 1. The summed E-state index contributed by atoms with van der Waals surface area (Å²) in [5.74, 6) is -0.352. The fourth-order valence-corrected chi connectivity index (χ4v) is 3.41. The lowest BCUT2D eigenvalue weighted by molar-refractivity contribution is 0.454. The number of nitrogens with zero attached hydrogens (tertiary/aromatic N) is 1. The van der Waals surface area contributed by atoms with E-state index < -0.39 is 10.0 Å². The first-order chi connectivity index (χ1) is 6.41. The molecule has 7 heteroatoms. The zero-order valence-corrected chi connectivity index (χ0v) is 9.52. The van der Waals surface area contributed by atoms with Crippen LogP contribution in [0.4, 0.5) is 5.69 Å². The van der Waals surface area contributed by atoms with Crippen LogP contribution in [-0.2, 0) is 10.0 Å². The Labute approximate surface area is 86.8 Å². The van der Waals surface area contributed by atoms with Crippen LogP contribution in [0, 0.1) is 0 Å². The SMILES string of the molecule is CCN(C)S(=O)(=O)c1scc(N)c1O. The molecule has 80 valence electrons. The van der Waals surface area contributed by atoms with E-state index in [0.29, 0.717) is 6.54 Å². The Kier molecular flexibility index (Phi) is 3.03. The summed E-state index contributed by atoms with van der Waals surface area (Å²) in [4.78, 5) is 0. The van der Waals surface area contributed by atoms with Crippen LogP contribution >= 0.6 is 11.3 Å². The van der Waals surface area contributed by atoms with Crippen molar-refractivity contribution in [2.24, 2.45) is 0 Å². The molecule has 0 aliphatic carbocycles. The Balaban J connectivity index is 3.24. The molecular formula is C7H12N2O3S2. The van der Waals surface area contributed by atoms with E-state index in [2.05, 4.69) is 0 Å². The number of hydrogen-bond donors (Lipinski definition) is 2. The van der Waals surface area contributed by atoms with Crippen molar-refractivity contribution in [2.75, 3.05) is 19.3 Å². The Bertz CT molecular complexity index is 424. The summed E-state index contributed by atoms with van der Waals surface area (Å²) >= 11 is 0.922. The van der Waals surface area contributed by atoms with Gasteiger partial charge in [-0.2, -0.15) is 0 Å². The second-order valence-electron chi connectivity index (χ2n) is 2.75. The van der Waals surface area contributed by atoms with E-state index in [1.165, 1.54) is 12.4 Å². The third kappa shape index (κ3) is 1.70. The first-order valence-corrected chi connectivity index (χ1v) is 6.25. The maximum absolute atomic E-state index is 11.7. The average Bonchev–Trinajstić information content (AvgIpc) is 2.46. The zero-order valence-electron chi connectivity index (χ0n) is 7.89. The number of rotatable bonds is 3. The van der Waals surface area contributed by atoms with E-state index in [4.69, 9.17) is 5.73 Å². The van der Waals surface area contributed by atoms with Gasteiger partial charge in [0.1, 0.15) is 0 Å². The lowest BCUT2D eigenvalue weighted by Gasteiger charge is -2.13. The Morgan fingerprint density at radius 2 is 2.21 bits per heavy atom. The molecule has 0 aliphatic rings. The lowest BCUT2D eigenvalue weighted by Crippen LogP contribution is -2.25. The number of nitrogen functional groups attached to an aromatic ring is 1. The van der Waals surface area contributed by atoms with Crippen molar-refractivity contribution in [3.05, 3.63) is 5.38 Å². The summed E-state index contributed by atoms with van der Waals surface area (Å²) in [5.41, 5.74) is 5.45. The van der Waals surface area contributed by atoms with Crippen LogP contribution in [0.15, 0.2) is 9.59 Å². The summed E-state index contributed by atoms with van der Waals surface area (Å²) in [6, 6.07) is 0. The van der Waals surface area contributed by atoms with Gasteiger partial charge in [-0.25, -0.2) is 12.7 Å². The molecule has 5 nitrogen and oxygen atoms in total. The monoisotopic (exact) mass is 236 g/mol. The van der Waals surface area contributed by atoms with Crippen molar-refractivity contribution in [3.63, 3.8) is 0 Å². The third-order valence-electron chi connectivity index (χ3n) is 1.85. The Morgan fingerprint density at radius 3 is 2.57 bits per heavy atom. The molecular weight excluding hydrogens is 224 g/mol. The van der Waals surface area contributed by atoms with E-state index in [1.807, 2.05) is 0 Å². The summed E-state index contributed by atoms with van der Waals surface area (Å²) in [6.45, 7) is 2.06. The van der Waals surface area contributed by atoms with E-state index in [0.717, 1.165) is 15.6 Å². The van der Waals surface area contributed by atoms with Gasteiger partial charge < -0.3 is 10.8 Å². The van der Waals surface area contributed by atoms with Gasteiger partial charge in [-0.15, -0.1) is 11.3 Å². The molecule has 1 aromatic rings. The molecule has 0 spiro atoms. The van der Waals surface area contributed by atoms with Crippen molar-refractivity contribution in [2.45, 2.75) is 11.1 Å². The summed E-state index contributed by atoms with van der Waals surface area (Å²) < 4.78 is 24.5. The molecule has 0 atom stereocenters. The molecule has 0 aliphatic heterocycles. The fourth-order valence-electron chi connectivity index (χ4n) is 0.841. The molecule has 3 N–H and O–H groups in total. The maximum atomic E-state index is 11.7. The predicted octanol–water partition coefficient (Wildman–Crippen LogP) is 0.676. The summed E-state index contributed by atoms with van der Waals surface area (Å²) in [7, 11) is -2.13. The fraction of sp³-hybridized carbons (Fsp3) is 0.429. The second-order valence-corrected chi connectivity index (χ2v) is 5.87. The lowest BCUT2D eigenvalue weighted by atomic mass is 10.5. The highest BCUT2D eigenvalue weighted by Crippen LogP contribution is 2.36. The molecule has 14 heavy (non-hydrogen) atoms. The number of aromatic hydroxyl groups is 1. The topological polar surface area (TPSA) is 83.6 Å². The van der Waals surface area contributed by atoms with E-state index in [1.54, 1.807) is 6.92 Å². The van der Waals surface area contributed by atoms with Gasteiger partial charge >= 0.3 is 0 Å². The molecule has 0 unspecified atom stereocenters.